The largest absolute Gasteiger partial charge is 0.481 e. The molecule has 0 rings (SSSR count). The van der Waals surface area contributed by atoms with Gasteiger partial charge in [-0.05, 0) is 0 Å². The number of hydrogen-bond acceptors (Lipinski definition) is 7. The summed E-state index contributed by atoms with van der Waals surface area (Å²) in [5, 5.41) is 31.6. The molecular weight excluding hydrogens is 276 g/mol. The fraction of sp³-hybridized carbons (Fsp3) is 0.727. The zero-order chi connectivity index (χ0) is 17.1. The lowest BCUT2D eigenvalue weighted by Gasteiger charge is -2.05. The topological polar surface area (TPSA) is 151 Å². The van der Waals surface area contributed by atoms with Crippen LogP contribution in [0.25, 0.3) is 0 Å². The fourth-order valence-corrected chi connectivity index (χ4v) is 0.266. The van der Waals surface area contributed by atoms with Crippen molar-refractivity contribution in [2.45, 2.75) is 26.9 Å². The molecular formula is C11H24O9. The number of aliphatic carboxylic acids is 2. The van der Waals surface area contributed by atoms with Crippen molar-refractivity contribution in [1.82, 2.24) is 0 Å². The highest BCUT2D eigenvalue weighted by Crippen LogP contribution is 1.82. The van der Waals surface area contributed by atoms with Crippen molar-refractivity contribution in [2.75, 3.05) is 27.4 Å². The number of carbonyl (C=O) groups is 3. The van der Waals surface area contributed by atoms with Crippen molar-refractivity contribution in [1.29, 1.82) is 0 Å². The third kappa shape index (κ3) is 136. The molecule has 0 aliphatic rings. The number of aliphatic hydroxyl groups is 2. The van der Waals surface area contributed by atoms with E-state index < -0.39 is 24.0 Å². The Morgan fingerprint density at radius 3 is 1.40 bits per heavy atom. The molecule has 0 amide bonds. The number of carboxylic acid groups (broad SMARTS) is 2. The van der Waals surface area contributed by atoms with Crippen molar-refractivity contribution in [3.8, 4) is 0 Å². The summed E-state index contributed by atoms with van der Waals surface area (Å²) >= 11 is 0. The third-order valence-electron chi connectivity index (χ3n) is 0.690. The predicted octanol–water partition coefficient (Wildman–Crippen LogP) is -0.653. The minimum Gasteiger partial charge on any atom is -0.481 e. The normalized spacial score (nSPS) is 9.15. The molecule has 0 saturated heterocycles. The van der Waals surface area contributed by atoms with E-state index in [-0.39, 0.29) is 13.2 Å². The molecule has 0 aliphatic carbocycles. The molecule has 0 spiro atoms. The summed E-state index contributed by atoms with van der Waals surface area (Å²) < 4.78 is 8.60. The van der Waals surface area contributed by atoms with Gasteiger partial charge in [-0.15, -0.1) is 0 Å². The third-order valence-corrected chi connectivity index (χ3v) is 0.690. The standard InChI is InChI=1S/C5H10O4.2C2H4O2.C2H6O/c1-4(7)9-3-5(8)2-6;2*1-2(3)4;1-3-2/h5-6,8H,2-3H2,1H3;2*1H3,(H,3,4);1-2H3. The van der Waals surface area contributed by atoms with Gasteiger partial charge in [0.2, 0.25) is 0 Å². The Morgan fingerprint density at radius 2 is 1.25 bits per heavy atom. The number of aliphatic hydroxyl groups excluding tert-OH is 2. The molecule has 0 aromatic rings. The quantitative estimate of drug-likeness (QED) is 0.498. The van der Waals surface area contributed by atoms with Crippen LogP contribution in [0.1, 0.15) is 20.8 Å². The van der Waals surface area contributed by atoms with E-state index in [2.05, 4.69) is 9.47 Å². The van der Waals surface area contributed by atoms with Gasteiger partial charge in [0.15, 0.2) is 0 Å². The van der Waals surface area contributed by atoms with Crippen LogP contribution in [0.4, 0.5) is 0 Å². The Kier molecular flexibility index (Phi) is 30.1. The molecule has 0 radical (unpaired) electrons. The van der Waals surface area contributed by atoms with E-state index in [1.807, 2.05) is 0 Å². The molecule has 0 aliphatic heterocycles. The van der Waals surface area contributed by atoms with E-state index in [1.54, 1.807) is 14.2 Å². The van der Waals surface area contributed by atoms with Gasteiger partial charge < -0.3 is 29.9 Å². The van der Waals surface area contributed by atoms with Crippen LogP contribution in [0.5, 0.6) is 0 Å². The van der Waals surface area contributed by atoms with Crippen molar-refractivity contribution in [3.05, 3.63) is 0 Å². The highest BCUT2D eigenvalue weighted by atomic mass is 16.5. The summed E-state index contributed by atoms with van der Waals surface area (Å²) in [5.41, 5.74) is 0. The molecule has 0 aromatic heterocycles. The van der Waals surface area contributed by atoms with Gasteiger partial charge in [0, 0.05) is 35.0 Å². The van der Waals surface area contributed by atoms with Crippen LogP contribution in [0.3, 0.4) is 0 Å². The Morgan fingerprint density at radius 1 is 1.00 bits per heavy atom. The summed E-state index contributed by atoms with van der Waals surface area (Å²) in [4.78, 5) is 28.0. The number of carbonyl (C=O) groups excluding carboxylic acids is 1. The van der Waals surface area contributed by atoms with Crippen LogP contribution in [-0.4, -0.2) is 71.9 Å². The monoisotopic (exact) mass is 300 g/mol. The number of hydrogen-bond donors (Lipinski definition) is 4. The minimum absolute atomic E-state index is 0.133. The van der Waals surface area contributed by atoms with Crippen molar-refractivity contribution in [2.24, 2.45) is 0 Å². The van der Waals surface area contributed by atoms with Crippen LogP contribution < -0.4 is 0 Å². The summed E-state index contributed by atoms with van der Waals surface area (Å²) in [6.07, 6.45) is -0.950. The minimum atomic E-state index is -0.950. The van der Waals surface area contributed by atoms with E-state index in [0.29, 0.717) is 0 Å². The van der Waals surface area contributed by atoms with Crippen LogP contribution in [0, 0.1) is 0 Å². The van der Waals surface area contributed by atoms with Gasteiger partial charge in [-0.1, -0.05) is 0 Å². The highest BCUT2D eigenvalue weighted by molar-refractivity contribution is 5.65. The van der Waals surface area contributed by atoms with E-state index in [1.165, 1.54) is 6.92 Å². The first-order valence-corrected chi connectivity index (χ1v) is 5.26. The lowest BCUT2D eigenvalue weighted by molar-refractivity contribution is -0.144. The van der Waals surface area contributed by atoms with Crippen molar-refractivity contribution < 1.29 is 44.3 Å². The van der Waals surface area contributed by atoms with E-state index in [4.69, 9.17) is 30.0 Å². The van der Waals surface area contributed by atoms with Gasteiger partial charge in [-0.25, -0.2) is 0 Å². The second kappa shape index (κ2) is 22.5. The summed E-state index contributed by atoms with van der Waals surface area (Å²) in [7, 11) is 3.25. The number of rotatable bonds is 3. The maximum atomic E-state index is 10.0. The lowest BCUT2D eigenvalue weighted by atomic mass is 10.4. The van der Waals surface area contributed by atoms with E-state index >= 15 is 0 Å². The van der Waals surface area contributed by atoms with Gasteiger partial charge in [-0.3, -0.25) is 14.4 Å². The van der Waals surface area contributed by atoms with Crippen LogP contribution in [-0.2, 0) is 23.9 Å². The zero-order valence-electron chi connectivity index (χ0n) is 12.3. The second-order valence-electron chi connectivity index (χ2n) is 3.09. The predicted molar refractivity (Wildman–Crippen MR) is 69.3 cm³/mol. The van der Waals surface area contributed by atoms with Crippen molar-refractivity contribution >= 4 is 17.9 Å². The summed E-state index contributed by atoms with van der Waals surface area (Å²) in [6, 6.07) is 0. The van der Waals surface area contributed by atoms with Gasteiger partial charge in [0.25, 0.3) is 11.9 Å². The number of ether oxygens (including phenoxy) is 2. The molecule has 0 heterocycles. The smallest absolute Gasteiger partial charge is 0.302 e. The first kappa shape index (κ1) is 26.8. The number of carboxylic acids is 2. The Balaban J connectivity index is -0.0000000976. The Bertz CT molecular complexity index is 220. The molecule has 1 unspecified atom stereocenters. The molecule has 0 fully saturated rings. The summed E-state index contributed by atoms with van der Waals surface area (Å²) in [6.45, 7) is 2.89. The summed E-state index contributed by atoms with van der Waals surface area (Å²) in [5.74, 6) is -2.12. The molecule has 0 saturated carbocycles. The van der Waals surface area contributed by atoms with Crippen LogP contribution >= 0.6 is 0 Å². The molecule has 0 bridgehead atoms. The fourth-order valence-electron chi connectivity index (χ4n) is 0.266. The average molecular weight is 300 g/mol. The van der Waals surface area contributed by atoms with E-state index in [9.17, 15) is 4.79 Å². The Hall–Kier alpha value is -1.71. The first-order chi connectivity index (χ1) is 9.04. The Labute approximate surface area is 117 Å². The SMILES string of the molecule is CC(=O)O.CC(=O)O.CC(=O)OCC(O)CO.COC. The molecule has 20 heavy (non-hydrogen) atoms. The van der Waals surface area contributed by atoms with Gasteiger partial charge in [0.1, 0.15) is 12.7 Å². The highest BCUT2D eigenvalue weighted by Gasteiger charge is 2.02. The molecule has 122 valence electrons. The molecule has 4 N–H and O–H groups in total. The van der Waals surface area contributed by atoms with Gasteiger partial charge in [-0.2, -0.15) is 0 Å². The van der Waals surface area contributed by atoms with Crippen LogP contribution in [0.15, 0.2) is 0 Å². The zero-order valence-corrected chi connectivity index (χ0v) is 12.3. The molecule has 1 atom stereocenters. The van der Waals surface area contributed by atoms with Gasteiger partial charge in [0.05, 0.1) is 6.61 Å². The molecule has 0 aromatic carbocycles. The number of methoxy groups -OCH3 is 1. The molecule has 9 heteroatoms. The maximum absolute atomic E-state index is 10.0. The van der Waals surface area contributed by atoms with Crippen LogP contribution in [0.2, 0.25) is 0 Å². The van der Waals surface area contributed by atoms with Gasteiger partial charge >= 0.3 is 5.97 Å². The lowest BCUT2D eigenvalue weighted by Crippen LogP contribution is -2.20. The second-order valence-corrected chi connectivity index (χ2v) is 3.09. The molecule has 9 nitrogen and oxygen atoms in total. The average Bonchev–Trinajstić information content (AvgIpc) is 2.25. The van der Waals surface area contributed by atoms with E-state index in [0.717, 1.165) is 13.8 Å². The first-order valence-electron chi connectivity index (χ1n) is 5.26. The maximum Gasteiger partial charge on any atom is 0.302 e. The van der Waals surface area contributed by atoms with Crippen molar-refractivity contribution in [3.63, 3.8) is 0 Å². The number of esters is 1.